The van der Waals surface area contributed by atoms with Crippen molar-refractivity contribution < 1.29 is 9.59 Å². The number of benzene rings is 1. The van der Waals surface area contributed by atoms with Crippen LogP contribution in [-0.2, 0) is 4.79 Å². The maximum atomic E-state index is 12.5. The summed E-state index contributed by atoms with van der Waals surface area (Å²) < 4.78 is 0. The topological polar surface area (TPSA) is 37.4 Å². The molecule has 0 aliphatic carbocycles. The second-order valence-corrected chi connectivity index (χ2v) is 5.75. The van der Waals surface area contributed by atoms with Crippen LogP contribution >= 0.6 is 0 Å². The molecule has 1 aliphatic rings. The van der Waals surface area contributed by atoms with Gasteiger partial charge in [0, 0.05) is 36.9 Å². The van der Waals surface area contributed by atoms with E-state index in [4.69, 9.17) is 0 Å². The summed E-state index contributed by atoms with van der Waals surface area (Å²) in [5, 5.41) is 0. The van der Waals surface area contributed by atoms with Gasteiger partial charge >= 0.3 is 0 Å². The average molecular weight is 273 g/mol. The van der Waals surface area contributed by atoms with E-state index in [0.717, 1.165) is 25.1 Å². The third kappa shape index (κ3) is 3.54. The van der Waals surface area contributed by atoms with Crippen molar-refractivity contribution in [3.8, 4) is 0 Å². The first-order valence-corrected chi connectivity index (χ1v) is 7.42. The molecule has 20 heavy (non-hydrogen) atoms. The van der Waals surface area contributed by atoms with Gasteiger partial charge < -0.3 is 4.90 Å². The number of rotatable bonds is 5. The van der Waals surface area contributed by atoms with E-state index in [1.54, 1.807) is 0 Å². The molecule has 2 rings (SSSR count). The number of ketones is 2. The summed E-state index contributed by atoms with van der Waals surface area (Å²) in [4.78, 5) is 26.7. The molecule has 3 heteroatoms. The summed E-state index contributed by atoms with van der Waals surface area (Å²) in [7, 11) is 2.04. The molecule has 0 radical (unpaired) electrons. The Morgan fingerprint density at radius 2 is 2.05 bits per heavy atom. The molecule has 3 nitrogen and oxygen atoms in total. The first kappa shape index (κ1) is 14.9. The van der Waals surface area contributed by atoms with Crippen LogP contribution in [0.4, 0.5) is 0 Å². The molecule has 1 fully saturated rings. The number of likely N-dealkylation sites (tertiary alicyclic amines) is 1. The van der Waals surface area contributed by atoms with Crippen LogP contribution in [0.15, 0.2) is 30.3 Å². The lowest BCUT2D eigenvalue weighted by atomic mass is 9.82. The molecule has 0 N–H and O–H groups in total. The Morgan fingerprint density at radius 1 is 1.35 bits per heavy atom. The lowest BCUT2D eigenvalue weighted by Crippen LogP contribution is -2.39. The number of carbonyl (C=O) groups is 2. The average Bonchev–Trinajstić information content (AvgIpc) is 2.48. The number of piperidine rings is 1. The van der Waals surface area contributed by atoms with Crippen molar-refractivity contribution in [2.24, 2.45) is 11.8 Å². The lowest BCUT2D eigenvalue weighted by Gasteiger charge is -2.30. The summed E-state index contributed by atoms with van der Waals surface area (Å²) in [5.41, 5.74) is 0.760. The molecule has 0 saturated carbocycles. The Hall–Kier alpha value is -1.48. The van der Waals surface area contributed by atoms with E-state index in [-0.39, 0.29) is 17.6 Å². The summed E-state index contributed by atoms with van der Waals surface area (Å²) in [6, 6.07) is 9.41. The van der Waals surface area contributed by atoms with E-state index in [2.05, 4.69) is 4.90 Å². The van der Waals surface area contributed by atoms with Gasteiger partial charge in [0.2, 0.25) is 0 Å². The third-order valence-electron chi connectivity index (χ3n) is 4.22. The van der Waals surface area contributed by atoms with Crippen molar-refractivity contribution in [1.29, 1.82) is 0 Å². The van der Waals surface area contributed by atoms with Gasteiger partial charge in [-0.1, -0.05) is 37.3 Å². The van der Waals surface area contributed by atoms with Gasteiger partial charge in [-0.15, -0.1) is 0 Å². The summed E-state index contributed by atoms with van der Waals surface area (Å²) in [6.45, 7) is 3.67. The Labute approximate surface area is 121 Å². The summed E-state index contributed by atoms with van der Waals surface area (Å²) in [6.07, 6.45) is 2.10. The Kier molecular flexibility index (Phi) is 5.07. The zero-order chi connectivity index (χ0) is 14.5. The van der Waals surface area contributed by atoms with Crippen LogP contribution in [0.25, 0.3) is 0 Å². The molecule has 1 aliphatic heterocycles. The Balaban J connectivity index is 2.05. The van der Waals surface area contributed by atoms with Gasteiger partial charge in [-0.3, -0.25) is 9.59 Å². The van der Waals surface area contributed by atoms with E-state index >= 15 is 0 Å². The normalized spacial score (nSPS) is 21.7. The largest absolute Gasteiger partial charge is 0.305 e. The molecule has 1 saturated heterocycles. The van der Waals surface area contributed by atoms with Crippen LogP contribution in [-0.4, -0.2) is 36.6 Å². The van der Waals surface area contributed by atoms with E-state index in [1.165, 1.54) is 0 Å². The van der Waals surface area contributed by atoms with Crippen LogP contribution in [0, 0.1) is 11.8 Å². The van der Waals surface area contributed by atoms with Crippen molar-refractivity contribution >= 4 is 11.6 Å². The SMILES string of the molecule is CCC(CC1CN(C)CCC1=O)C(=O)c1ccccc1. The Bertz CT molecular complexity index is 469. The standard InChI is InChI=1S/C17H23NO2/c1-3-13(17(20)14-7-5-4-6-8-14)11-15-12-18(2)10-9-16(15)19/h4-8,13,15H,3,9-12H2,1-2H3. The van der Waals surface area contributed by atoms with Crippen molar-refractivity contribution in [1.82, 2.24) is 4.90 Å². The molecule has 0 aromatic heterocycles. The molecule has 0 bridgehead atoms. The van der Waals surface area contributed by atoms with Crippen LogP contribution in [0.2, 0.25) is 0 Å². The number of hydrogen-bond acceptors (Lipinski definition) is 3. The van der Waals surface area contributed by atoms with Gasteiger partial charge in [-0.2, -0.15) is 0 Å². The molecule has 2 atom stereocenters. The van der Waals surface area contributed by atoms with Crippen molar-refractivity contribution in [2.75, 3.05) is 20.1 Å². The number of Topliss-reactive ketones (excluding diaryl/α,β-unsaturated/α-hetero) is 2. The highest BCUT2D eigenvalue weighted by Gasteiger charge is 2.30. The van der Waals surface area contributed by atoms with E-state index in [1.807, 2.05) is 44.3 Å². The lowest BCUT2D eigenvalue weighted by molar-refractivity contribution is -0.126. The number of nitrogens with zero attached hydrogens (tertiary/aromatic N) is 1. The summed E-state index contributed by atoms with van der Waals surface area (Å²) in [5.74, 6) is 0.473. The Morgan fingerprint density at radius 3 is 2.70 bits per heavy atom. The number of hydrogen-bond donors (Lipinski definition) is 0. The predicted octanol–water partition coefficient (Wildman–Crippen LogP) is 2.81. The fraction of sp³-hybridized carbons (Fsp3) is 0.529. The predicted molar refractivity (Wildman–Crippen MR) is 79.8 cm³/mol. The van der Waals surface area contributed by atoms with Crippen LogP contribution < -0.4 is 0 Å². The first-order valence-electron chi connectivity index (χ1n) is 7.42. The zero-order valence-electron chi connectivity index (χ0n) is 12.3. The van der Waals surface area contributed by atoms with Crippen molar-refractivity contribution in [2.45, 2.75) is 26.2 Å². The highest BCUT2D eigenvalue weighted by Crippen LogP contribution is 2.24. The number of carbonyl (C=O) groups excluding carboxylic acids is 2. The molecule has 2 unspecified atom stereocenters. The van der Waals surface area contributed by atoms with E-state index in [9.17, 15) is 9.59 Å². The quantitative estimate of drug-likeness (QED) is 0.774. The van der Waals surface area contributed by atoms with Crippen molar-refractivity contribution in [3.05, 3.63) is 35.9 Å². The van der Waals surface area contributed by atoms with Gasteiger partial charge in [0.15, 0.2) is 5.78 Å². The minimum atomic E-state index is -0.0437. The maximum absolute atomic E-state index is 12.5. The van der Waals surface area contributed by atoms with Gasteiger partial charge in [0.1, 0.15) is 5.78 Å². The molecular weight excluding hydrogens is 250 g/mol. The molecule has 0 amide bonds. The highest BCUT2D eigenvalue weighted by molar-refractivity contribution is 5.98. The fourth-order valence-corrected chi connectivity index (χ4v) is 2.92. The molecular formula is C17H23NO2. The van der Waals surface area contributed by atoms with Crippen molar-refractivity contribution in [3.63, 3.8) is 0 Å². The van der Waals surface area contributed by atoms with Gasteiger partial charge in [-0.25, -0.2) is 0 Å². The smallest absolute Gasteiger partial charge is 0.165 e. The van der Waals surface area contributed by atoms with Gasteiger partial charge in [0.25, 0.3) is 0 Å². The van der Waals surface area contributed by atoms with Crippen LogP contribution in [0.5, 0.6) is 0 Å². The fourth-order valence-electron chi connectivity index (χ4n) is 2.92. The molecule has 1 aromatic rings. The van der Waals surface area contributed by atoms with Gasteiger partial charge in [0.05, 0.1) is 0 Å². The highest BCUT2D eigenvalue weighted by atomic mass is 16.1. The molecule has 1 heterocycles. The summed E-state index contributed by atoms with van der Waals surface area (Å²) >= 11 is 0. The zero-order valence-corrected chi connectivity index (χ0v) is 12.3. The molecule has 108 valence electrons. The molecule has 1 aromatic carbocycles. The second-order valence-electron chi connectivity index (χ2n) is 5.75. The van der Waals surface area contributed by atoms with Gasteiger partial charge in [-0.05, 0) is 19.9 Å². The molecule has 0 spiro atoms. The monoisotopic (exact) mass is 273 g/mol. The van der Waals surface area contributed by atoms with E-state index in [0.29, 0.717) is 18.6 Å². The van der Waals surface area contributed by atoms with Crippen LogP contribution in [0.1, 0.15) is 36.5 Å². The minimum Gasteiger partial charge on any atom is -0.305 e. The third-order valence-corrected chi connectivity index (χ3v) is 4.22. The van der Waals surface area contributed by atoms with E-state index < -0.39 is 0 Å². The maximum Gasteiger partial charge on any atom is 0.165 e. The van der Waals surface area contributed by atoms with Crippen LogP contribution in [0.3, 0.4) is 0 Å². The minimum absolute atomic E-state index is 0.0198. The first-order chi connectivity index (χ1) is 9.61. The second kappa shape index (κ2) is 6.80.